The van der Waals surface area contributed by atoms with Gasteiger partial charge in [-0.15, -0.1) is 0 Å². The van der Waals surface area contributed by atoms with Gasteiger partial charge < -0.3 is 9.57 Å². The molecule has 1 atom stereocenters. The van der Waals surface area contributed by atoms with Crippen LogP contribution in [0.15, 0.2) is 34.5 Å². The summed E-state index contributed by atoms with van der Waals surface area (Å²) in [5.41, 5.74) is 1.99. The number of halogens is 1. The Balaban J connectivity index is 2.48. The number of esters is 1. The van der Waals surface area contributed by atoms with Crippen molar-refractivity contribution in [1.29, 1.82) is 0 Å². The molecular weight excluding hydrogens is 366 g/mol. The Labute approximate surface area is 142 Å². The molecule has 23 heavy (non-hydrogen) atoms. The summed E-state index contributed by atoms with van der Waals surface area (Å²) in [6.07, 6.45) is 0. The topological polar surface area (TPSA) is 80.6 Å². The third kappa shape index (κ3) is 2.86. The SMILES string of the molecule is CON=C(C)C1(Br)C(=O)N(C)N=C1c1ccc(C(=O)OC)cc1. The zero-order chi connectivity index (χ0) is 17.2. The van der Waals surface area contributed by atoms with Gasteiger partial charge in [-0.05, 0) is 19.1 Å². The fraction of sp³-hybridized carbons (Fsp3) is 0.333. The number of alkyl halides is 1. The Morgan fingerprint density at radius 1 is 1.30 bits per heavy atom. The van der Waals surface area contributed by atoms with Crippen LogP contribution in [0.4, 0.5) is 0 Å². The van der Waals surface area contributed by atoms with Gasteiger partial charge in [-0.1, -0.05) is 33.2 Å². The lowest BCUT2D eigenvalue weighted by atomic mass is 9.92. The molecule has 1 aromatic rings. The van der Waals surface area contributed by atoms with E-state index in [1.54, 1.807) is 38.2 Å². The molecular formula is C15H16BrN3O4. The van der Waals surface area contributed by atoms with Gasteiger partial charge in [0.1, 0.15) is 12.8 Å². The highest BCUT2D eigenvalue weighted by Gasteiger charge is 2.51. The van der Waals surface area contributed by atoms with Crippen LogP contribution in [0.1, 0.15) is 22.8 Å². The summed E-state index contributed by atoms with van der Waals surface area (Å²) in [6, 6.07) is 6.63. The second-order valence-corrected chi connectivity index (χ2v) is 6.05. The van der Waals surface area contributed by atoms with E-state index in [9.17, 15) is 9.59 Å². The number of benzene rings is 1. The summed E-state index contributed by atoms with van der Waals surface area (Å²) >= 11 is 3.46. The average molecular weight is 382 g/mol. The van der Waals surface area contributed by atoms with Gasteiger partial charge in [-0.2, -0.15) is 5.10 Å². The molecule has 0 saturated heterocycles. The van der Waals surface area contributed by atoms with Gasteiger partial charge in [0.2, 0.25) is 0 Å². The average Bonchev–Trinajstić information content (AvgIpc) is 2.80. The highest BCUT2D eigenvalue weighted by Crippen LogP contribution is 2.34. The maximum atomic E-state index is 12.5. The Kier molecular flexibility index (Phi) is 4.84. The van der Waals surface area contributed by atoms with Gasteiger partial charge >= 0.3 is 5.97 Å². The molecule has 0 radical (unpaired) electrons. The zero-order valence-corrected chi connectivity index (χ0v) is 14.7. The third-order valence-electron chi connectivity index (χ3n) is 3.47. The summed E-state index contributed by atoms with van der Waals surface area (Å²) in [6.45, 7) is 1.67. The Morgan fingerprint density at radius 2 is 1.91 bits per heavy atom. The molecule has 8 heteroatoms. The van der Waals surface area contributed by atoms with E-state index < -0.39 is 10.3 Å². The number of nitrogens with zero attached hydrogens (tertiary/aromatic N) is 3. The monoisotopic (exact) mass is 381 g/mol. The predicted molar refractivity (Wildman–Crippen MR) is 88.9 cm³/mol. The first kappa shape index (κ1) is 17.1. The van der Waals surface area contributed by atoms with Crippen LogP contribution in [0.2, 0.25) is 0 Å². The summed E-state index contributed by atoms with van der Waals surface area (Å²) in [4.78, 5) is 28.8. The van der Waals surface area contributed by atoms with Crippen LogP contribution in [0, 0.1) is 0 Å². The molecule has 1 aromatic carbocycles. The summed E-state index contributed by atoms with van der Waals surface area (Å²) < 4.78 is 3.47. The molecule has 122 valence electrons. The lowest BCUT2D eigenvalue weighted by Gasteiger charge is -2.21. The van der Waals surface area contributed by atoms with Crippen LogP contribution < -0.4 is 0 Å². The molecule has 0 bridgehead atoms. The quantitative estimate of drug-likeness (QED) is 0.344. The number of hydrogen-bond acceptors (Lipinski definition) is 6. The number of amides is 1. The van der Waals surface area contributed by atoms with Gasteiger partial charge in [0, 0.05) is 12.6 Å². The largest absolute Gasteiger partial charge is 0.465 e. The summed E-state index contributed by atoms with van der Waals surface area (Å²) in [5.74, 6) is -0.705. The van der Waals surface area contributed by atoms with Crippen LogP contribution in [0.3, 0.4) is 0 Å². The first-order valence-corrected chi connectivity index (χ1v) is 7.48. The molecule has 0 spiro atoms. The smallest absolute Gasteiger partial charge is 0.337 e. The highest BCUT2D eigenvalue weighted by molar-refractivity contribution is 9.11. The molecule has 0 fully saturated rings. The van der Waals surface area contributed by atoms with Crippen LogP contribution in [0.5, 0.6) is 0 Å². The van der Waals surface area contributed by atoms with Crippen molar-refractivity contribution in [3.8, 4) is 0 Å². The second-order valence-electron chi connectivity index (χ2n) is 4.86. The lowest BCUT2D eigenvalue weighted by molar-refractivity contribution is -0.127. The number of carbonyl (C=O) groups excluding carboxylic acids is 2. The molecule has 1 unspecified atom stereocenters. The third-order valence-corrected chi connectivity index (χ3v) is 4.76. The van der Waals surface area contributed by atoms with Crippen molar-refractivity contribution in [2.45, 2.75) is 11.2 Å². The van der Waals surface area contributed by atoms with Crippen molar-refractivity contribution in [3.05, 3.63) is 35.4 Å². The maximum absolute atomic E-state index is 12.5. The molecule has 0 aliphatic carbocycles. The van der Waals surface area contributed by atoms with Gasteiger partial charge in [0.25, 0.3) is 5.91 Å². The molecule has 1 amide bonds. The van der Waals surface area contributed by atoms with E-state index >= 15 is 0 Å². The maximum Gasteiger partial charge on any atom is 0.337 e. The van der Waals surface area contributed by atoms with E-state index in [4.69, 9.17) is 4.84 Å². The Hall–Kier alpha value is -2.22. The number of methoxy groups -OCH3 is 1. The van der Waals surface area contributed by atoms with E-state index in [0.29, 0.717) is 22.6 Å². The molecule has 1 aliphatic rings. The Morgan fingerprint density at radius 3 is 2.43 bits per heavy atom. The van der Waals surface area contributed by atoms with Crippen molar-refractivity contribution in [2.24, 2.45) is 10.3 Å². The van der Waals surface area contributed by atoms with Crippen molar-refractivity contribution in [2.75, 3.05) is 21.3 Å². The van der Waals surface area contributed by atoms with Crippen LogP contribution in [-0.2, 0) is 14.4 Å². The number of hydrogen-bond donors (Lipinski definition) is 0. The van der Waals surface area contributed by atoms with E-state index in [1.807, 2.05) is 0 Å². The van der Waals surface area contributed by atoms with Gasteiger partial charge in [-0.25, -0.2) is 9.80 Å². The van der Waals surface area contributed by atoms with Gasteiger partial charge in [-0.3, -0.25) is 4.79 Å². The molecule has 7 nitrogen and oxygen atoms in total. The van der Waals surface area contributed by atoms with E-state index in [0.717, 1.165) is 0 Å². The minimum Gasteiger partial charge on any atom is -0.465 e. The second kappa shape index (κ2) is 6.49. The number of oxime groups is 1. The van der Waals surface area contributed by atoms with Crippen molar-refractivity contribution in [3.63, 3.8) is 0 Å². The molecule has 2 rings (SSSR count). The minimum absolute atomic E-state index is 0.275. The van der Waals surface area contributed by atoms with E-state index in [2.05, 4.69) is 30.9 Å². The normalized spacial score (nSPS) is 21.3. The summed E-state index contributed by atoms with van der Waals surface area (Å²) in [7, 11) is 4.29. The fourth-order valence-electron chi connectivity index (χ4n) is 2.25. The highest BCUT2D eigenvalue weighted by atomic mass is 79.9. The van der Waals surface area contributed by atoms with Crippen LogP contribution in [0.25, 0.3) is 0 Å². The number of carbonyl (C=O) groups is 2. The Bertz CT molecular complexity index is 699. The predicted octanol–water partition coefficient (Wildman–Crippen LogP) is 1.81. The van der Waals surface area contributed by atoms with Crippen LogP contribution in [-0.4, -0.2) is 53.9 Å². The number of ether oxygens (including phenoxy) is 1. The molecule has 1 aliphatic heterocycles. The first-order valence-electron chi connectivity index (χ1n) is 6.69. The fourth-order valence-corrected chi connectivity index (χ4v) is 2.89. The van der Waals surface area contributed by atoms with E-state index in [1.165, 1.54) is 19.2 Å². The number of rotatable bonds is 4. The van der Waals surface area contributed by atoms with Gasteiger partial charge in [0.05, 0.1) is 18.4 Å². The van der Waals surface area contributed by atoms with Crippen molar-refractivity contribution < 1.29 is 19.2 Å². The molecule has 0 N–H and O–H groups in total. The van der Waals surface area contributed by atoms with Crippen molar-refractivity contribution in [1.82, 2.24) is 5.01 Å². The number of hydrazone groups is 1. The van der Waals surface area contributed by atoms with Gasteiger partial charge in [0.15, 0.2) is 4.32 Å². The minimum atomic E-state index is -1.20. The first-order chi connectivity index (χ1) is 10.9. The lowest BCUT2D eigenvalue weighted by Crippen LogP contribution is -2.46. The van der Waals surface area contributed by atoms with Crippen molar-refractivity contribution >= 4 is 39.2 Å². The van der Waals surface area contributed by atoms with Crippen LogP contribution >= 0.6 is 15.9 Å². The summed E-state index contributed by atoms with van der Waals surface area (Å²) in [5, 5.41) is 9.40. The van der Waals surface area contributed by atoms with E-state index in [-0.39, 0.29) is 5.91 Å². The standard InChI is InChI=1S/C15H16BrN3O4/c1-9(18-23-4)15(16)12(17-19(2)14(15)21)10-5-7-11(8-6-10)13(20)22-3/h5-8H,1-4H3. The zero-order valence-electron chi connectivity index (χ0n) is 13.2. The molecule has 1 heterocycles. The molecule has 0 aromatic heterocycles. The molecule has 0 saturated carbocycles.